The molecule has 0 rings (SSSR count). The lowest BCUT2D eigenvalue weighted by Gasteiger charge is -2.18. The van der Waals surface area contributed by atoms with Crippen LogP contribution in [0.2, 0.25) is 0 Å². The van der Waals surface area contributed by atoms with Gasteiger partial charge in [0.25, 0.3) is 0 Å². The minimum absolute atomic E-state index is 0.0727. The highest BCUT2D eigenvalue weighted by Crippen LogP contribution is 2.17. The summed E-state index contributed by atoms with van der Waals surface area (Å²) >= 11 is 0. The van der Waals surface area contributed by atoms with Crippen LogP contribution in [0.5, 0.6) is 0 Å². The van der Waals surface area contributed by atoms with Gasteiger partial charge in [0.1, 0.15) is 13.2 Å². The molecule has 0 aromatic heterocycles. The highest BCUT2D eigenvalue weighted by atomic mass is 16.6. The van der Waals surface area contributed by atoms with Crippen LogP contribution < -0.4 is 0 Å². The van der Waals surface area contributed by atoms with E-state index < -0.39 is 6.10 Å². The van der Waals surface area contributed by atoms with Crippen LogP contribution in [-0.4, -0.2) is 37.2 Å². The van der Waals surface area contributed by atoms with Crippen LogP contribution >= 0.6 is 0 Å². The molecule has 0 spiro atoms. The highest BCUT2D eigenvalue weighted by Gasteiger charge is 2.19. The van der Waals surface area contributed by atoms with Crippen molar-refractivity contribution in [1.82, 2.24) is 0 Å². The number of hydrogen-bond donors (Lipinski definition) is 0. The van der Waals surface area contributed by atoms with Gasteiger partial charge in [-0.3, -0.25) is 14.4 Å². The highest BCUT2D eigenvalue weighted by molar-refractivity contribution is 5.71. The number of hydrogen-bond acceptors (Lipinski definition) is 6. The van der Waals surface area contributed by atoms with Gasteiger partial charge in [-0.15, -0.1) is 0 Å². The second kappa shape index (κ2) is 59.9. The number of carbonyl (C=O) groups excluding carboxylic acids is 3. The fraction of sp³-hybridized carbons (Fsp3) is 0.831. The first-order valence-electron chi connectivity index (χ1n) is 31.1. The minimum atomic E-state index is -0.772. The van der Waals surface area contributed by atoms with E-state index >= 15 is 0 Å². The van der Waals surface area contributed by atoms with Crippen molar-refractivity contribution < 1.29 is 28.6 Å². The van der Waals surface area contributed by atoms with Gasteiger partial charge in [0.05, 0.1) is 0 Å². The predicted octanol–water partition coefficient (Wildman–Crippen LogP) is 21.0. The number of allylic oxidation sites excluding steroid dienone is 8. The average Bonchev–Trinajstić information content (AvgIpc) is 3.37. The SMILES string of the molecule is CCCCCCC/C=C\C/C=C\C/C=C\CCCCCCCCCCCCCCCCCCC(=O)OCC(COC(=O)CCCCCCCCCC)OC(=O)CCCCCCC/C=C\CCCCCCC. The van der Waals surface area contributed by atoms with Gasteiger partial charge >= 0.3 is 17.9 Å². The summed E-state index contributed by atoms with van der Waals surface area (Å²) in [6.45, 7) is 6.61. The maximum absolute atomic E-state index is 12.8. The molecule has 414 valence electrons. The van der Waals surface area contributed by atoms with Gasteiger partial charge in [-0.05, 0) is 83.5 Å². The Kier molecular flexibility index (Phi) is 57.7. The van der Waals surface area contributed by atoms with E-state index in [0.29, 0.717) is 19.3 Å². The molecular formula is C65H118O6. The van der Waals surface area contributed by atoms with Crippen molar-refractivity contribution in [1.29, 1.82) is 0 Å². The number of esters is 3. The third kappa shape index (κ3) is 58.1. The molecule has 0 saturated heterocycles. The lowest BCUT2D eigenvalue weighted by Crippen LogP contribution is -2.30. The van der Waals surface area contributed by atoms with E-state index in [9.17, 15) is 14.4 Å². The van der Waals surface area contributed by atoms with Gasteiger partial charge in [-0.25, -0.2) is 0 Å². The summed E-state index contributed by atoms with van der Waals surface area (Å²) in [7, 11) is 0. The Morgan fingerprint density at radius 1 is 0.282 bits per heavy atom. The van der Waals surface area contributed by atoms with E-state index in [1.165, 1.54) is 212 Å². The van der Waals surface area contributed by atoms with E-state index in [1.807, 2.05) is 0 Å². The summed E-state index contributed by atoms with van der Waals surface area (Å²) in [5, 5.41) is 0. The maximum atomic E-state index is 12.8. The average molecular weight is 996 g/mol. The molecule has 0 aromatic carbocycles. The zero-order valence-electron chi connectivity index (χ0n) is 47.5. The Balaban J connectivity index is 4.04. The second-order valence-corrected chi connectivity index (χ2v) is 21.0. The quantitative estimate of drug-likeness (QED) is 0.0261. The summed E-state index contributed by atoms with van der Waals surface area (Å²) in [4.78, 5) is 38.0. The fourth-order valence-corrected chi connectivity index (χ4v) is 9.09. The van der Waals surface area contributed by atoms with Crippen molar-refractivity contribution in [3.05, 3.63) is 48.6 Å². The molecule has 1 atom stereocenters. The lowest BCUT2D eigenvalue weighted by molar-refractivity contribution is -0.167. The van der Waals surface area contributed by atoms with Gasteiger partial charge < -0.3 is 14.2 Å². The number of rotatable bonds is 57. The number of unbranched alkanes of at least 4 members (excludes halogenated alkanes) is 38. The molecule has 0 bridgehead atoms. The predicted molar refractivity (Wildman–Crippen MR) is 307 cm³/mol. The molecule has 1 unspecified atom stereocenters. The first-order valence-corrected chi connectivity index (χ1v) is 31.1. The van der Waals surface area contributed by atoms with Crippen LogP contribution in [0.4, 0.5) is 0 Å². The van der Waals surface area contributed by atoms with Gasteiger partial charge in [-0.2, -0.15) is 0 Å². The zero-order chi connectivity index (χ0) is 51.4. The summed E-state index contributed by atoms with van der Waals surface area (Å²) in [6, 6.07) is 0. The molecule has 0 amide bonds. The van der Waals surface area contributed by atoms with Gasteiger partial charge in [0.15, 0.2) is 6.10 Å². The Bertz CT molecular complexity index is 1230. The van der Waals surface area contributed by atoms with E-state index in [1.54, 1.807) is 0 Å². The van der Waals surface area contributed by atoms with Gasteiger partial charge in [0.2, 0.25) is 0 Å². The lowest BCUT2D eigenvalue weighted by atomic mass is 10.0. The van der Waals surface area contributed by atoms with Crippen molar-refractivity contribution in [2.75, 3.05) is 13.2 Å². The first-order chi connectivity index (χ1) is 35.0. The molecule has 6 nitrogen and oxygen atoms in total. The second-order valence-electron chi connectivity index (χ2n) is 21.0. The molecule has 6 heteroatoms. The monoisotopic (exact) mass is 995 g/mol. The molecule has 71 heavy (non-hydrogen) atoms. The molecule has 0 saturated carbocycles. The third-order valence-corrected chi connectivity index (χ3v) is 13.8. The Morgan fingerprint density at radius 2 is 0.507 bits per heavy atom. The first kappa shape index (κ1) is 68.4. The fourth-order valence-electron chi connectivity index (χ4n) is 9.09. The summed E-state index contributed by atoms with van der Waals surface area (Å²) in [5.41, 5.74) is 0. The van der Waals surface area contributed by atoms with Crippen LogP contribution in [0, 0.1) is 0 Å². The third-order valence-electron chi connectivity index (χ3n) is 13.8. The van der Waals surface area contributed by atoms with Crippen LogP contribution in [0.25, 0.3) is 0 Å². The number of carbonyl (C=O) groups is 3. The van der Waals surface area contributed by atoms with E-state index in [0.717, 1.165) is 77.0 Å². The van der Waals surface area contributed by atoms with Gasteiger partial charge in [0, 0.05) is 19.3 Å². The summed E-state index contributed by atoms with van der Waals surface area (Å²) < 4.78 is 16.8. The largest absolute Gasteiger partial charge is 0.462 e. The standard InChI is InChI=1S/C65H118O6/c1-4-7-10-13-16-19-21-23-25-26-27-28-29-30-31-32-33-34-35-36-37-38-39-40-41-43-44-46-49-52-55-58-64(67)70-61-62(60-69-63(66)57-54-51-48-18-15-12-9-6-3)71-65(68)59-56-53-50-47-45-42-24-22-20-17-14-11-8-5-2/h21-24,26-27,29-30,62H,4-20,25,28,31-61H2,1-3H3/b23-21-,24-22-,27-26-,30-29-. The molecule has 0 fully saturated rings. The molecule has 0 radical (unpaired) electrons. The Hall–Kier alpha value is -2.63. The number of ether oxygens (including phenoxy) is 3. The van der Waals surface area contributed by atoms with Crippen molar-refractivity contribution in [3.8, 4) is 0 Å². The van der Waals surface area contributed by atoms with Crippen molar-refractivity contribution in [2.24, 2.45) is 0 Å². The molecule has 0 aliphatic rings. The van der Waals surface area contributed by atoms with Crippen LogP contribution in [0.15, 0.2) is 48.6 Å². The maximum Gasteiger partial charge on any atom is 0.306 e. The molecule has 0 aromatic rings. The van der Waals surface area contributed by atoms with Crippen LogP contribution in [0.3, 0.4) is 0 Å². The Morgan fingerprint density at radius 3 is 0.803 bits per heavy atom. The van der Waals surface area contributed by atoms with Gasteiger partial charge in [-0.1, -0.05) is 275 Å². The van der Waals surface area contributed by atoms with Crippen LogP contribution in [0.1, 0.15) is 329 Å². The molecule has 0 aliphatic carbocycles. The van der Waals surface area contributed by atoms with E-state index in [2.05, 4.69) is 69.4 Å². The normalized spacial score (nSPS) is 12.3. The summed E-state index contributed by atoms with van der Waals surface area (Å²) in [6.07, 6.45) is 74.3. The molecule has 0 N–H and O–H groups in total. The zero-order valence-corrected chi connectivity index (χ0v) is 47.5. The van der Waals surface area contributed by atoms with E-state index in [-0.39, 0.29) is 31.1 Å². The smallest absolute Gasteiger partial charge is 0.306 e. The van der Waals surface area contributed by atoms with E-state index in [4.69, 9.17) is 14.2 Å². The minimum Gasteiger partial charge on any atom is -0.462 e. The topological polar surface area (TPSA) is 78.9 Å². The summed E-state index contributed by atoms with van der Waals surface area (Å²) in [5.74, 6) is -0.871. The molecule has 0 aliphatic heterocycles. The van der Waals surface area contributed by atoms with Crippen molar-refractivity contribution in [2.45, 2.75) is 335 Å². The Labute approximate surface area is 441 Å². The van der Waals surface area contributed by atoms with Crippen LogP contribution in [-0.2, 0) is 28.6 Å². The van der Waals surface area contributed by atoms with Crippen molar-refractivity contribution >= 4 is 17.9 Å². The molecular weight excluding hydrogens is 877 g/mol. The molecule has 0 heterocycles. The van der Waals surface area contributed by atoms with Crippen molar-refractivity contribution in [3.63, 3.8) is 0 Å².